The number of halogens is 1. The van der Waals surface area contributed by atoms with Gasteiger partial charge in [0.25, 0.3) is 0 Å². The number of hydrogen-bond donors (Lipinski definition) is 1. The summed E-state index contributed by atoms with van der Waals surface area (Å²) in [6.07, 6.45) is -0.741. The van der Waals surface area contributed by atoms with Crippen LogP contribution in [0.25, 0.3) is 11.3 Å². The van der Waals surface area contributed by atoms with E-state index in [1.165, 1.54) is 7.11 Å². The predicted molar refractivity (Wildman–Crippen MR) is 75.6 cm³/mol. The standard InChI is InChI=1S/C13H11ClN4O2/c1-20-13(19)16-12(15)9-4-2-8(3-5-9)10-6-7-11(14)18-17-10/h2-7H,1H3,(H2,15,16,19). The fourth-order valence-electron chi connectivity index (χ4n) is 1.49. The number of rotatable bonds is 2. The monoisotopic (exact) mass is 290 g/mol. The van der Waals surface area contributed by atoms with E-state index in [9.17, 15) is 4.79 Å². The van der Waals surface area contributed by atoms with Gasteiger partial charge in [0.2, 0.25) is 0 Å². The van der Waals surface area contributed by atoms with Gasteiger partial charge in [-0.3, -0.25) is 0 Å². The van der Waals surface area contributed by atoms with Gasteiger partial charge < -0.3 is 10.5 Å². The second-order valence-corrected chi connectivity index (χ2v) is 4.17. The molecule has 6 nitrogen and oxygen atoms in total. The lowest BCUT2D eigenvalue weighted by Crippen LogP contribution is -2.15. The Morgan fingerprint density at radius 1 is 1.20 bits per heavy atom. The van der Waals surface area contributed by atoms with Crippen molar-refractivity contribution >= 4 is 23.5 Å². The molecule has 0 spiro atoms. The smallest absolute Gasteiger partial charge is 0.435 e. The Morgan fingerprint density at radius 2 is 1.90 bits per heavy atom. The minimum absolute atomic E-state index is 0.0885. The van der Waals surface area contributed by atoms with Crippen LogP contribution in [0.15, 0.2) is 41.4 Å². The van der Waals surface area contributed by atoms with Crippen LogP contribution in [0.3, 0.4) is 0 Å². The highest BCUT2D eigenvalue weighted by atomic mass is 35.5. The second kappa shape index (κ2) is 6.12. The molecule has 0 saturated carbocycles. The average molecular weight is 291 g/mol. The summed E-state index contributed by atoms with van der Waals surface area (Å²) in [4.78, 5) is 14.6. The lowest BCUT2D eigenvalue weighted by atomic mass is 10.1. The van der Waals surface area contributed by atoms with Gasteiger partial charge in [0, 0.05) is 11.1 Å². The Labute approximate surface area is 120 Å². The topological polar surface area (TPSA) is 90.5 Å². The van der Waals surface area contributed by atoms with Gasteiger partial charge in [0.05, 0.1) is 12.8 Å². The summed E-state index contributed by atoms with van der Waals surface area (Å²) in [6.45, 7) is 0. The van der Waals surface area contributed by atoms with E-state index >= 15 is 0 Å². The largest absolute Gasteiger partial charge is 0.451 e. The van der Waals surface area contributed by atoms with E-state index in [0.717, 1.165) is 5.56 Å². The molecular formula is C13H11ClN4O2. The molecule has 0 unspecified atom stereocenters. The maximum absolute atomic E-state index is 11.0. The molecule has 0 fully saturated rings. The van der Waals surface area contributed by atoms with E-state index in [4.69, 9.17) is 17.3 Å². The van der Waals surface area contributed by atoms with Gasteiger partial charge in [0.1, 0.15) is 5.84 Å². The third kappa shape index (κ3) is 3.30. The van der Waals surface area contributed by atoms with Crippen LogP contribution < -0.4 is 5.73 Å². The number of amides is 1. The summed E-state index contributed by atoms with van der Waals surface area (Å²) in [7, 11) is 1.24. The summed E-state index contributed by atoms with van der Waals surface area (Å²) >= 11 is 5.68. The van der Waals surface area contributed by atoms with Crippen molar-refractivity contribution < 1.29 is 9.53 Å². The number of benzene rings is 1. The summed E-state index contributed by atoms with van der Waals surface area (Å²) in [5.74, 6) is 0.0885. The van der Waals surface area contributed by atoms with Crippen LogP contribution in [-0.2, 0) is 4.74 Å². The number of aromatic nitrogens is 2. The maximum atomic E-state index is 11.0. The van der Waals surface area contributed by atoms with Crippen LogP contribution in [0, 0.1) is 0 Å². The first-order chi connectivity index (χ1) is 9.60. The minimum Gasteiger partial charge on any atom is -0.451 e. The molecule has 2 N–H and O–H groups in total. The fourth-order valence-corrected chi connectivity index (χ4v) is 1.59. The van der Waals surface area contributed by atoms with Gasteiger partial charge in [-0.05, 0) is 12.1 Å². The summed E-state index contributed by atoms with van der Waals surface area (Å²) in [6, 6.07) is 10.5. The Bertz CT molecular complexity index is 638. The average Bonchev–Trinajstić information content (AvgIpc) is 2.48. The first kappa shape index (κ1) is 14.0. The zero-order valence-electron chi connectivity index (χ0n) is 10.6. The fraction of sp³-hybridized carbons (Fsp3) is 0.0769. The molecular weight excluding hydrogens is 280 g/mol. The van der Waals surface area contributed by atoms with Gasteiger partial charge in [0.15, 0.2) is 5.15 Å². The van der Waals surface area contributed by atoms with Gasteiger partial charge >= 0.3 is 6.09 Å². The van der Waals surface area contributed by atoms with Crippen molar-refractivity contribution in [3.63, 3.8) is 0 Å². The van der Waals surface area contributed by atoms with Crippen molar-refractivity contribution in [2.24, 2.45) is 10.7 Å². The molecule has 2 rings (SSSR count). The molecule has 0 saturated heterocycles. The Kier molecular flexibility index (Phi) is 4.27. The quantitative estimate of drug-likeness (QED) is 0.677. The van der Waals surface area contributed by atoms with Crippen LogP contribution in [0.2, 0.25) is 5.15 Å². The lowest BCUT2D eigenvalue weighted by molar-refractivity contribution is 0.182. The van der Waals surface area contributed by atoms with Crippen LogP contribution in [0.4, 0.5) is 4.79 Å². The first-order valence-corrected chi connectivity index (χ1v) is 6.00. The molecule has 0 aliphatic rings. The number of hydrogen-bond acceptors (Lipinski definition) is 4. The van der Waals surface area contributed by atoms with E-state index in [2.05, 4.69) is 19.9 Å². The molecule has 1 heterocycles. The normalized spacial score (nSPS) is 11.2. The van der Waals surface area contributed by atoms with Crippen molar-refractivity contribution in [3.8, 4) is 11.3 Å². The zero-order valence-corrected chi connectivity index (χ0v) is 11.3. The van der Waals surface area contributed by atoms with E-state index in [1.54, 1.807) is 36.4 Å². The number of amidine groups is 1. The van der Waals surface area contributed by atoms with Crippen molar-refractivity contribution in [2.75, 3.05) is 7.11 Å². The van der Waals surface area contributed by atoms with Crippen molar-refractivity contribution in [1.82, 2.24) is 10.2 Å². The number of carbonyl (C=O) groups excluding carboxylic acids is 1. The van der Waals surface area contributed by atoms with Gasteiger partial charge in [-0.1, -0.05) is 35.9 Å². The molecule has 20 heavy (non-hydrogen) atoms. The number of ether oxygens (including phenoxy) is 1. The highest BCUT2D eigenvalue weighted by Gasteiger charge is 2.05. The van der Waals surface area contributed by atoms with Crippen molar-refractivity contribution in [3.05, 3.63) is 47.1 Å². The van der Waals surface area contributed by atoms with E-state index < -0.39 is 6.09 Å². The Morgan fingerprint density at radius 3 is 2.45 bits per heavy atom. The van der Waals surface area contributed by atoms with Crippen LogP contribution in [0.5, 0.6) is 0 Å². The van der Waals surface area contributed by atoms with Crippen LogP contribution >= 0.6 is 11.6 Å². The lowest BCUT2D eigenvalue weighted by Gasteiger charge is -2.03. The first-order valence-electron chi connectivity index (χ1n) is 5.62. The van der Waals surface area contributed by atoms with Crippen molar-refractivity contribution in [2.45, 2.75) is 0 Å². The van der Waals surface area contributed by atoms with Gasteiger partial charge in [-0.25, -0.2) is 4.79 Å². The highest BCUT2D eigenvalue weighted by Crippen LogP contribution is 2.17. The molecule has 0 radical (unpaired) electrons. The Hall–Kier alpha value is -2.47. The third-order valence-electron chi connectivity index (χ3n) is 2.49. The molecule has 0 aliphatic heterocycles. The van der Waals surface area contributed by atoms with E-state index in [1.807, 2.05) is 0 Å². The Balaban J connectivity index is 2.24. The van der Waals surface area contributed by atoms with Crippen LogP contribution in [0.1, 0.15) is 5.56 Å². The number of aliphatic imine (C=N–C) groups is 1. The number of nitrogens with two attached hydrogens (primary N) is 1. The molecule has 2 aromatic rings. The second-order valence-electron chi connectivity index (χ2n) is 3.79. The summed E-state index contributed by atoms with van der Waals surface area (Å²) in [5.41, 5.74) is 7.83. The number of methoxy groups -OCH3 is 1. The molecule has 0 aliphatic carbocycles. The highest BCUT2D eigenvalue weighted by molar-refractivity contribution is 6.29. The number of carbonyl (C=O) groups is 1. The van der Waals surface area contributed by atoms with Gasteiger partial charge in [-0.15, -0.1) is 10.2 Å². The predicted octanol–water partition coefficient (Wildman–Crippen LogP) is 2.27. The zero-order chi connectivity index (χ0) is 14.5. The SMILES string of the molecule is COC(=O)/N=C(\N)c1ccc(-c2ccc(Cl)nn2)cc1. The number of nitrogens with zero attached hydrogens (tertiary/aromatic N) is 3. The molecule has 1 amide bonds. The molecule has 0 bridgehead atoms. The molecule has 102 valence electrons. The third-order valence-corrected chi connectivity index (χ3v) is 2.70. The maximum Gasteiger partial charge on any atom is 0.435 e. The molecule has 7 heteroatoms. The molecule has 1 aromatic carbocycles. The molecule has 1 aromatic heterocycles. The summed E-state index contributed by atoms with van der Waals surface area (Å²) in [5, 5.41) is 8.07. The van der Waals surface area contributed by atoms with Crippen LogP contribution in [-0.4, -0.2) is 29.2 Å². The minimum atomic E-state index is -0.741. The molecule has 0 atom stereocenters. The van der Waals surface area contributed by atoms with Gasteiger partial charge in [-0.2, -0.15) is 4.99 Å². The van der Waals surface area contributed by atoms with E-state index in [0.29, 0.717) is 16.4 Å². The van der Waals surface area contributed by atoms with Crippen molar-refractivity contribution in [1.29, 1.82) is 0 Å². The summed E-state index contributed by atoms with van der Waals surface area (Å²) < 4.78 is 4.41. The van der Waals surface area contributed by atoms with E-state index in [-0.39, 0.29) is 5.84 Å².